The van der Waals surface area contributed by atoms with E-state index in [-0.39, 0.29) is 0 Å². The van der Waals surface area contributed by atoms with Crippen LogP contribution in [0.5, 0.6) is 5.88 Å². The molecule has 0 unspecified atom stereocenters. The zero-order chi connectivity index (χ0) is 17.4. The number of hydrogen-bond donors (Lipinski definition) is 1. The number of hydrogen-bond acceptors (Lipinski definition) is 4. The summed E-state index contributed by atoms with van der Waals surface area (Å²) in [4.78, 5) is 15.1. The smallest absolute Gasteiger partial charge is 0.225 e. The van der Waals surface area contributed by atoms with Gasteiger partial charge < -0.3 is 14.6 Å². The van der Waals surface area contributed by atoms with Crippen LogP contribution in [0.4, 0.5) is 5.69 Å². The molecule has 1 aliphatic rings. The van der Waals surface area contributed by atoms with Crippen molar-refractivity contribution in [3.8, 4) is 17.3 Å². The number of fused-ring (bicyclic) bond motifs is 1. The number of halogens is 1. The number of H-pyrrole nitrogens is 1. The molecular formula is C19H21IN4O. The molecule has 3 heterocycles. The van der Waals surface area contributed by atoms with Gasteiger partial charge in [0.05, 0.1) is 23.7 Å². The van der Waals surface area contributed by atoms with Crippen LogP contribution >= 0.6 is 22.6 Å². The Morgan fingerprint density at radius 3 is 2.76 bits per heavy atom. The second-order valence-corrected chi connectivity index (χ2v) is 7.63. The third-order valence-electron chi connectivity index (χ3n) is 4.78. The number of nitrogens with one attached hydrogen (secondary N) is 1. The summed E-state index contributed by atoms with van der Waals surface area (Å²) in [5.74, 6) is 1.41. The SMILES string of the molecule is COc1nccc(I)c1-c1nc2c(C)cc(N3CCCCC3)cc2[nH]1. The third-order valence-corrected chi connectivity index (χ3v) is 5.68. The number of ether oxygens (including phenoxy) is 1. The molecule has 0 spiro atoms. The van der Waals surface area contributed by atoms with Crippen LogP contribution in [0.2, 0.25) is 0 Å². The van der Waals surface area contributed by atoms with Crippen LogP contribution in [0.1, 0.15) is 24.8 Å². The molecule has 1 aromatic carbocycles. The lowest BCUT2D eigenvalue weighted by molar-refractivity contribution is 0.399. The Morgan fingerprint density at radius 1 is 1.20 bits per heavy atom. The molecule has 1 fully saturated rings. The topological polar surface area (TPSA) is 54.0 Å². The number of aromatic amines is 1. The fraction of sp³-hybridized carbons (Fsp3) is 0.368. The van der Waals surface area contributed by atoms with E-state index in [0.29, 0.717) is 5.88 Å². The number of anilines is 1. The maximum Gasteiger partial charge on any atom is 0.225 e. The van der Waals surface area contributed by atoms with Crippen molar-refractivity contribution in [1.29, 1.82) is 0 Å². The first-order chi connectivity index (χ1) is 12.2. The van der Waals surface area contributed by atoms with E-state index in [1.807, 2.05) is 6.07 Å². The van der Waals surface area contributed by atoms with E-state index in [9.17, 15) is 0 Å². The first-order valence-electron chi connectivity index (χ1n) is 8.61. The van der Waals surface area contributed by atoms with E-state index in [1.54, 1.807) is 13.3 Å². The number of piperidine rings is 1. The average Bonchev–Trinajstić information content (AvgIpc) is 3.06. The summed E-state index contributed by atoms with van der Waals surface area (Å²) in [5.41, 5.74) is 5.47. The minimum Gasteiger partial charge on any atom is -0.480 e. The summed E-state index contributed by atoms with van der Waals surface area (Å²) in [6, 6.07) is 6.45. The highest BCUT2D eigenvalue weighted by Gasteiger charge is 2.18. The van der Waals surface area contributed by atoms with Crippen LogP contribution < -0.4 is 9.64 Å². The number of aryl methyl sites for hydroxylation is 1. The highest BCUT2D eigenvalue weighted by molar-refractivity contribution is 14.1. The molecule has 0 radical (unpaired) electrons. The molecule has 1 aliphatic heterocycles. The normalized spacial score (nSPS) is 14.9. The van der Waals surface area contributed by atoms with Crippen molar-refractivity contribution >= 4 is 39.3 Å². The van der Waals surface area contributed by atoms with Gasteiger partial charge >= 0.3 is 0 Å². The van der Waals surface area contributed by atoms with Crippen molar-refractivity contribution in [2.45, 2.75) is 26.2 Å². The molecule has 6 heteroatoms. The van der Waals surface area contributed by atoms with Crippen molar-refractivity contribution in [2.75, 3.05) is 25.1 Å². The van der Waals surface area contributed by atoms with Crippen molar-refractivity contribution in [2.24, 2.45) is 0 Å². The van der Waals surface area contributed by atoms with Crippen LogP contribution in [-0.2, 0) is 0 Å². The monoisotopic (exact) mass is 448 g/mol. The number of nitrogens with zero attached hydrogens (tertiary/aromatic N) is 3. The molecule has 0 aliphatic carbocycles. The quantitative estimate of drug-likeness (QED) is 0.598. The molecule has 2 aromatic heterocycles. The van der Waals surface area contributed by atoms with Crippen LogP contribution in [0.3, 0.4) is 0 Å². The lowest BCUT2D eigenvalue weighted by Crippen LogP contribution is -2.29. The Hall–Kier alpha value is -1.83. The van der Waals surface area contributed by atoms with Gasteiger partial charge in [0.2, 0.25) is 5.88 Å². The van der Waals surface area contributed by atoms with E-state index in [1.165, 1.54) is 30.5 Å². The van der Waals surface area contributed by atoms with E-state index in [2.05, 4.69) is 56.5 Å². The maximum atomic E-state index is 5.44. The summed E-state index contributed by atoms with van der Waals surface area (Å²) in [6.07, 6.45) is 5.64. The number of methoxy groups -OCH3 is 1. The van der Waals surface area contributed by atoms with Gasteiger partial charge in [0.15, 0.2) is 0 Å². The van der Waals surface area contributed by atoms with Crippen LogP contribution in [0.25, 0.3) is 22.4 Å². The zero-order valence-electron chi connectivity index (χ0n) is 14.5. The Morgan fingerprint density at radius 2 is 2.00 bits per heavy atom. The number of rotatable bonds is 3. The van der Waals surface area contributed by atoms with E-state index < -0.39 is 0 Å². The summed E-state index contributed by atoms with van der Waals surface area (Å²) >= 11 is 2.30. The molecule has 1 N–H and O–H groups in total. The Kier molecular flexibility index (Phi) is 4.54. The molecular weight excluding hydrogens is 427 g/mol. The number of pyridine rings is 1. The predicted molar refractivity (Wildman–Crippen MR) is 109 cm³/mol. The molecule has 3 aromatic rings. The molecule has 0 amide bonds. The fourth-order valence-corrected chi connectivity index (χ4v) is 4.16. The summed E-state index contributed by atoms with van der Waals surface area (Å²) in [5, 5.41) is 0. The number of imidazole rings is 1. The number of benzene rings is 1. The predicted octanol–water partition coefficient (Wildman–Crippen LogP) is 4.54. The molecule has 5 nitrogen and oxygen atoms in total. The minimum atomic E-state index is 0.597. The van der Waals surface area contributed by atoms with Crippen molar-refractivity contribution in [3.63, 3.8) is 0 Å². The number of aromatic nitrogens is 3. The molecule has 0 bridgehead atoms. The van der Waals surface area contributed by atoms with Crippen LogP contribution in [0.15, 0.2) is 24.4 Å². The van der Waals surface area contributed by atoms with Gasteiger partial charge in [-0.15, -0.1) is 0 Å². The second-order valence-electron chi connectivity index (χ2n) is 6.47. The van der Waals surface area contributed by atoms with Gasteiger partial charge in [-0.25, -0.2) is 9.97 Å². The molecule has 1 saturated heterocycles. The van der Waals surface area contributed by atoms with Crippen LogP contribution in [-0.4, -0.2) is 35.2 Å². The molecule has 130 valence electrons. The molecule has 25 heavy (non-hydrogen) atoms. The Bertz CT molecular complexity index is 915. The minimum absolute atomic E-state index is 0.597. The second kappa shape index (κ2) is 6.82. The highest BCUT2D eigenvalue weighted by atomic mass is 127. The van der Waals surface area contributed by atoms with Gasteiger partial charge in [-0.1, -0.05) is 0 Å². The van der Waals surface area contributed by atoms with Gasteiger partial charge in [0, 0.05) is 28.5 Å². The first-order valence-corrected chi connectivity index (χ1v) is 9.69. The van der Waals surface area contributed by atoms with E-state index in [4.69, 9.17) is 9.72 Å². The Balaban J connectivity index is 1.82. The zero-order valence-corrected chi connectivity index (χ0v) is 16.6. The van der Waals surface area contributed by atoms with E-state index in [0.717, 1.165) is 39.1 Å². The lowest BCUT2D eigenvalue weighted by atomic mass is 10.1. The molecule has 0 atom stereocenters. The van der Waals surface area contributed by atoms with Gasteiger partial charge in [-0.05, 0) is 72.5 Å². The first kappa shape index (κ1) is 16.6. The van der Waals surface area contributed by atoms with Gasteiger partial charge in [-0.3, -0.25) is 0 Å². The van der Waals surface area contributed by atoms with Gasteiger partial charge in [-0.2, -0.15) is 0 Å². The average molecular weight is 448 g/mol. The van der Waals surface area contributed by atoms with Crippen molar-refractivity contribution < 1.29 is 4.74 Å². The largest absolute Gasteiger partial charge is 0.480 e. The fourth-order valence-electron chi connectivity index (χ4n) is 3.51. The van der Waals surface area contributed by atoms with Gasteiger partial charge in [0.25, 0.3) is 0 Å². The third kappa shape index (κ3) is 3.07. The maximum absolute atomic E-state index is 5.44. The van der Waals surface area contributed by atoms with E-state index >= 15 is 0 Å². The highest BCUT2D eigenvalue weighted by Crippen LogP contribution is 2.34. The summed E-state index contributed by atoms with van der Waals surface area (Å²) < 4.78 is 6.51. The van der Waals surface area contributed by atoms with Crippen molar-refractivity contribution in [3.05, 3.63) is 33.5 Å². The standard InChI is InChI=1S/C19H21IN4O/c1-12-10-13(24-8-4-3-5-9-24)11-15-17(12)23-18(22-15)16-14(20)6-7-21-19(16)25-2/h6-7,10-11H,3-5,8-9H2,1-2H3,(H,22,23). The molecule has 0 saturated carbocycles. The van der Waals surface area contributed by atoms with Crippen molar-refractivity contribution in [1.82, 2.24) is 15.0 Å². The van der Waals surface area contributed by atoms with Gasteiger partial charge in [0.1, 0.15) is 5.82 Å². The summed E-state index contributed by atoms with van der Waals surface area (Å²) in [6.45, 7) is 4.41. The summed E-state index contributed by atoms with van der Waals surface area (Å²) in [7, 11) is 1.64. The molecule has 4 rings (SSSR count). The lowest BCUT2D eigenvalue weighted by Gasteiger charge is -2.29. The Labute approximate surface area is 161 Å². The van der Waals surface area contributed by atoms with Crippen LogP contribution in [0, 0.1) is 10.5 Å².